The van der Waals surface area contributed by atoms with Gasteiger partial charge in [0.2, 0.25) is 0 Å². The first kappa shape index (κ1) is 7.59. The van der Waals surface area contributed by atoms with Crippen molar-refractivity contribution in [3.63, 3.8) is 0 Å². The fourth-order valence-corrected chi connectivity index (χ4v) is 1.05. The molecule has 0 unspecified atom stereocenters. The van der Waals surface area contributed by atoms with Gasteiger partial charge in [0.05, 0.1) is 6.54 Å². The summed E-state index contributed by atoms with van der Waals surface area (Å²) >= 11 is 0. The first-order valence-corrected chi connectivity index (χ1v) is 3.81. The molecule has 56 valence electrons. The zero-order valence-corrected chi connectivity index (χ0v) is 6.48. The smallest absolute Gasteiger partial charge is 0.0742 e. The van der Waals surface area contributed by atoms with Gasteiger partial charge in [-0.3, -0.25) is 5.43 Å². The predicted octanol–water partition coefficient (Wildman–Crippen LogP) is 0.610. The van der Waals surface area contributed by atoms with Gasteiger partial charge in [-0.15, -0.1) is 5.92 Å². The van der Waals surface area contributed by atoms with Crippen molar-refractivity contribution in [2.24, 2.45) is 0 Å². The Hall–Kier alpha value is -0.520. The molecule has 2 nitrogen and oxygen atoms in total. The summed E-state index contributed by atoms with van der Waals surface area (Å²) in [5.41, 5.74) is 3.28. The van der Waals surface area contributed by atoms with E-state index in [1.807, 2.05) is 6.92 Å². The highest BCUT2D eigenvalue weighted by Gasteiger charge is 2.05. The van der Waals surface area contributed by atoms with Crippen LogP contribution in [0.25, 0.3) is 0 Å². The van der Waals surface area contributed by atoms with Crippen molar-refractivity contribution in [3.8, 4) is 11.8 Å². The van der Waals surface area contributed by atoms with E-state index in [0.29, 0.717) is 0 Å². The molecule has 2 heteroatoms. The molecular weight excluding hydrogens is 124 g/mol. The van der Waals surface area contributed by atoms with E-state index in [1.165, 1.54) is 12.8 Å². The van der Waals surface area contributed by atoms with Gasteiger partial charge in [0.1, 0.15) is 0 Å². The van der Waals surface area contributed by atoms with Crippen LogP contribution in [0, 0.1) is 11.8 Å². The lowest BCUT2D eigenvalue weighted by Crippen LogP contribution is -2.43. The molecule has 1 rings (SSSR count). The number of hydrogen-bond donors (Lipinski definition) is 1. The molecule has 1 fully saturated rings. The molecule has 0 spiro atoms. The van der Waals surface area contributed by atoms with Gasteiger partial charge >= 0.3 is 0 Å². The average Bonchev–Trinajstić information content (AvgIpc) is 2.03. The second kappa shape index (κ2) is 4.32. The maximum atomic E-state index is 3.28. The summed E-state index contributed by atoms with van der Waals surface area (Å²) in [6, 6.07) is 0. The third-order valence-corrected chi connectivity index (χ3v) is 1.64. The van der Waals surface area contributed by atoms with Gasteiger partial charge in [-0.05, 0) is 19.8 Å². The van der Waals surface area contributed by atoms with E-state index >= 15 is 0 Å². The van der Waals surface area contributed by atoms with E-state index in [1.54, 1.807) is 0 Å². The van der Waals surface area contributed by atoms with Crippen LogP contribution < -0.4 is 5.43 Å². The quantitative estimate of drug-likeness (QED) is 0.534. The highest BCUT2D eigenvalue weighted by atomic mass is 15.5. The molecule has 0 aromatic heterocycles. The van der Waals surface area contributed by atoms with Crippen molar-refractivity contribution in [2.75, 3.05) is 19.6 Å². The minimum Gasteiger partial charge on any atom is -0.254 e. The second-order valence-corrected chi connectivity index (χ2v) is 2.46. The van der Waals surface area contributed by atoms with Crippen LogP contribution in [0.1, 0.15) is 19.8 Å². The summed E-state index contributed by atoms with van der Waals surface area (Å²) in [5, 5.41) is 2.18. The van der Waals surface area contributed by atoms with Crippen LogP contribution in [0.3, 0.4) is 0 Å². The zero-order valence-electron chi connectivity index (χ0n) is 6.48. The minimum atomic E-state index is 0.872. The molecule has 0 aliphatic carbocycles. The van der Waals surface area contributed by atoms with Gasteiger partial charge in [-0.25, -0.2) is 5.01 Å². The standard InChI is InChI=1S/C8H14N2/c1-2-3-7-10-8-5-4-6-9-10/h9H,4-8H2,1H3. The topological polar surface area (TPSA) is 15.3 Å². The highest BCUT2D eigenvalue weighted by Crippen LogP contribution is 1.97. The van der Waals surface area contributed by atoms with E-state index in [-0.39, 0.29) is 0 Å². The van der Waals surface area contributed by atoms with Crippen LogP contribution >= 0.6 is 0 Å². The van der Waals surface area contributed by atoms with Crippen molar-refractivity contribution < 1.29 is 0 Å². The van der Waals surface area contributed by atoms with E-state index in [9.17, 15) is 0 Å². The summed E-state index contributed by atoms with van der Waals surface area (Å²) in [6.07, 6.45) is 2.61. The minimum absolute atomic E-state index is 0.872. The van der Waals surface area contributed by atoms with Crippen LogP contribution in [0.4, 0.5) is 0 Å². The molecule has 10 heavy (non-hydrogen) atoms. The normalized spacial score (nSPS) is 19.7. The Bertz CT molecular complexity index is 137. The van der Waals surface area contributed by atoms with Crippen molar-refractivity contribution in [1.29, 1.82) is 0 Å². The van der Waals surface area contributed by atoms with Crippen molar-refractivity contribution >= 4 is 0 Å². The maximum Gasteiger partial charge on any atom is 0.0742 e. The van der Waals surface area contributed by atoms with Crippen molar-refractivity contribution in [1.82, 2.24) is 10.4 Å². The molecular formula is C8H14N2. The number of hydrogen-bond acceptors (Lipinski definition) is 2. The monoisotopic (exact) mass is 138 g/mol. The highest BCUT2D eigenvalue weighted by molar-refractivity contribution is 4.97. The molecule has 0 aromatic rings. The number of nitrogens with one attached hydrogen (secondary N) is 1. The first-order chi connectivity index (χ1) is 4.93. The number of nitrogens with zero attached hydrogens (tertiary/aromatic N) is 1. The molecule has 1 aliphatic heterocycles. The summed E-state index contributed by atoms with van der Waals surface area (Å²) in [4.78, 5) is 0. The lowest BCUT2D eigenvalue weighted by Gasteiger charge is -2.25. The van der Waals surface area contributed by atoms with E-state index < -0.39 is 0 Å². The molecule has 1 aliphatic rings. The van der Waals surface area contributed by atoms with Gasteiger partial charge in [-0.2, -0.15) is 0 Å². The second-order valence-electron chi connectivity index (χ2n) is 2.46. The fourth-order valence-electron chi connectivity index (χ4n) is 1.05. The van der Waals surface area contributed by atoms with Gasteiger partial charge in [-0.1, -0.05) is 5.92 Å². The van der Waals surface area contributed by atoms with Crippen LogP contribution in [-0.4, -0.2) is 24.6 Å². The average molecular weight is 138 g/mol. The zero-order chi connectivity index (χ0) is 7.23. The SMILES string of the molecule is CC#CCN1CCCCN1. The molecule has 0 atom stereocenters. The molecule has 1 saturated heterocycles. The molecule has 1 N–H and O–H groups in total. The Balaban J connectivity index is 2.17. The molecule has 0 aromatic carbocycles. The summed E-state index contributed by atoms with van der Waals surface area (Å²) < 4.78 is 0. The van der Waals surface area contributed by atoms with E-state index in [2.05, 4.69) is 22.3 Å². The number of hydrazine groups is 1. The third kappa shape index (κ3) is 2.38. The molecule has 0 radical (unpaired) electrons. The van der Waals surface area contributed by atoms with Crippen molar-refractivity contribution in [3.05, 3.63) is 0 Å². The Labute approximate surface area is 62.6 Å². The fraction of sp³-hybridized carbons (Fsp3) is 0.750. The number of rotatable bonds is 1. The van der Waals surface area contributed by atoms with Gasteiger partial charge in [0.25, 0.3) is 0 Å². The summed E-state index contributed by atoms with van der Waals surface area (Å²) in [5.74, 6) is 5.91. The van der Waals surface area contributed by atoms with Crippen LogP contribution in [-0.2, 0) is 0 Å². The Morgan fingerprint density at radius 1 is 1.50 bits per heavy atom. The maximum absolute atomic E-state index is 3.28. The summed E-state index contributed by atoms with van der Waals surface area (Å²) in [6.45, 7) is 5.01. The predicted molar refractivity (Wildman–Crippen MR) is 42.3 cm³/mol. The van der Waals surface area contributed by atoms with E-state index in [0.717, 1.165) is 19.6 Å². The Morgan fingerprint density at radius 2 is 2.40 bits per heavy atom. The Morgan fingerprint density at radius 3 is 3.00 bits per heavy atom. The lowest BCUT2D eigenvalue weighted by atomic mass is 10.3. The molecule has 0 amide bonds. The van der Waals surface area contributed by atoms with E-state index in [4.69, 9.17) is 0 Å². The van der Waals surface area contributed by atoms with Gasteiger partial charge in [0.15, 0.2) is 0 Å². The first-order valence-electron chi connectivity index (χ1n) is 3.81. The van der Waals surface area contributed by atoms with Crippen molar-refractivity contribution in [2.45, 2.75) is 19.8 Å². The van der Waals surface area contributed by atoms with Gasteiger partial charge in [0, 0.05) is 13.1 Å². The molecule has 1 heterocycles. The lowest BCUT2D eigenvalue weighted by molar-refractivity contribution is 0.175. The summed E-state index contributed by atoms with van der Waals surface area (Å²) in [7, 11) is 0. The molecule has 0 saturated carbocycles. The third-order valence-electron chi connectivity index (χ3n) is 1.64. The molecule has 0 bridgehead atoms. The Kier molecular flexibility index (Phi) is 3.28. The van der Waals surface area contributed by atoms with Crippen LogP contribution in [0.2, 0.25) is 0 Å². The van der Waals surface area contributed by atoms with Crippen LogP contribution in [0.5, 0.6) is 0 Å². The largest absolute Gasteiger partial charge is 0.254 e. The van der Waals surface area contributed by atoms with Crippen LogP contribution in [0.15, 0.2) is 0 Å². The van der Waals surface area contributed by atoms with Gasteiger partial charge < -0.3 is 0 Å².